The van der Waals surface area contributed by atoms with Gasteiger partial charge in [0.15, 0.2) is 0 Å². The van der Waals surface area contributed by atoms with E-state index in [1.54, 1.807) is 19.0 Å². The Bertz CT molecular complexity index is 1190. The Morgan fingerprint density at radius 3 is 2.39 bits per heavy atom. The third-order valence-electron chi connectivity index (χ3n) is 6.41. The molecule has 0 radical (unpaired) electrons. The van der Waals surface area contributed by atoms with Crippen LogP contribution in [-0.2, 0) is 13.6 Å². The molecule has 3 aromatic rings. The Balaban J connectivity index is 1.37. The molecule has 0 bridgehead atoms. The van der Waals surface area contributed by atoms with Gasteiger partial charge in [-0.1, -0.05) is 6.07 Å². The SMILES string of the molecule is Cc1ccc(NC(=O)N2CCN(Cc3nc4cc(C(=O)N(C)C)ccc4n3C)CC2)cc1C. The summed E-state index contributed by atoms with van der Waals surface area (Å²) in [6.45, 7) is 7.72. The van der Waals surface area contributed by atoms with Crippen LogP contribution in [0.1, 0.15) is 27.3 Å². The largest absolute Gasteiger partial charge is 0.345 e. The van der Waals surface area contributed by atoms with E-state index >= 15 is 0 Å². The van der Waals surface area contributed by atoms with Crippen LogP contribution >= 0.6 is 0 Å². The van der Waals surface area contributed by atoms with Gasteiger partial charge < -0.3 is 19.7 Å². The molecule has 8 nitrogen and oxygen atoms in total. The van der Waals surface area contributed by atoms with Crippen molar-refractivity contribution in [2.45, 2.75) is 20.4 Å². The molecule has 1 aliphatic heterocycles. The number of fused-ring (bicyclic) bond motifs is 1. The number of urea groups is 1. The molecule has 1 aromatic heterocycles. The normalized spacial score (nSPS) is 14.5. The zero-order chi connectivity index (χ0) is 23.7. The number of carbonyl (C=O) groups is 2. The minimum absolute atomic E-state index is 0.0284. The quantitative estimate of drug-likeness (QED) is 0.665. The van der Waals surface area contributed by atoms with E-state index in [1.165, 1.54) is 11.1 Å². The Morgan fingerprint density at radius 1 is 1.00 bits per heavy atom. The number of aromatic nitrogens is 2. The Kier molecular flexibility index (Phi) is 6.37. The second-order valence-corrected chi connectivity index (χ2v) is 8.98. The van der Waals surface area contributed by atoms with E-state index in [1.807, 2.05) is 55.3 Å². The van der Waals surface area contributed by atoms with Crippen molar-refractivity contribution in [1.82, 2.24) is 24.3 Å². The Morgan fingerprint density at radius 2 is 1.73 bits per heavy atom. The van der Waals surface area contributed by atoms with Gasteiger partial charge >= 0.3 is 6.03 Å². The molecular formula is C25H32N6O2. The molecule has 1 saturated heterocycles. The molecule has 0 aliphatic carbocycles. The lowest BCUT2D eigenvalue weighted by molar-refractivity contribution is 0.0827. The zero-order valence-corrected chi connectivity index (χ0v) is 20.1. The number of nitrogens with one attached hydrogen (secondary N) is 1. The summed E-state index contributed by atoms with van der Waals surface area (Å²) in [5.74, 6) is 0.923. The maximum Gasteiger partial charge on any atom is 0.321 e. The zero-order valence-electron chi connectivity index (χ0n) is 20.1. The first-order chi connectivity index (χ1) is 15.7. The van der Waals surface area contributed by atoms with Gasteiger partial charge in [0.05, 0.1) is 17.6 Å². The maximum absolute atomic E-state index is 12.7. The fourth-order valence-electron chi connectivity index (χ4n) is 4.11. The van der Waals surface area contributed by atoms with Crippen LogP contribution in [0, 0.1) is 13.8 Å². The molecule has 0 atom stereocenters. The lowest BCUT2D eigenvalue weighted by atomic mass is 10.1. The van der Waals surface area contributed by atoms with Gasteiger partial charge in [0.1, 0.15) is 5.82 Å². The van der Waals surface area contributed by atoms with E-state index in [2.05, 4.69) is 21.7 Å². The van der Waals surface area contributed by atoms with Gasteiger partial charge in [-0.15, -0.1) is 0 Å². The third-order valence-corrected chi connectivity index (χ3v) is 6.41. The Labute approximate surface area is 194 Å². The average molecular weight is 449 g/mol. The van der Waals surface area contributed by atoms with Crippen molar-refractivity contribution >= 4 is 28.7 Å². The third kappa shape index (κ3) is 4.85. The van der Waals surface area contributed by atoms with Crippen molar-refractivity contribution in [3.63, 3.8) is 0 Å². The lowest BCUT2D eigenvalue weighted by Gasteiger charge is -2.34. The van der Waals surface area contributed by atoms with Gasteiger partial charge in [-0.2, -0.15) is 0 Å². The van der Waals surface area contributed by atoms with Crippen LogP contribution in [0.5, 0.6) is 0 Å². The standard InChI is InChI=1S/C25H32N6O2/c1-17-6-8-20(14-18(17)2)26-25(33)31-12-10-30(11-13-31)16-23-27-21-15-19(24(32)28(3)4)7-9-22(21)29(23)5/h6-9,14-15H,10-13,16H2,1-5H3,(H,26,33). The molecule has 0 unspecified atom stereocenters. The molecule has 0 saturated carbocycles. The van der Waals surface area contributed by atoms with E-state index in [-0.39, 0.29) is 11.9 Å². The van der Waals surface area contributed by atoms with Crippen molar-refractivity contribution in [3.8, 4) is 0 Å². The van der Waals surface area contributed by atoms with E-state index in [4.69, 9.17) is 4.98 Å². The van der Waals surface area contributed by atoms with Gasteiger partial charge in [0, 0.05) is 58.6 Å². The van der Waals surface area contributed by atoms with E-state index in [9.17, 15) is 9.59 Å². The van der Waals surface area contributed by atoms with Crippen molar-refractivity contribution in [3.05, 3.63) is 58.9 Å². The monoisotopic (exact) mass is 448 g/mol. The van der Waals surface area contributed by atoms with Crippen LogP contribution in [0.2, 0.25) is 0 Å². The summed E-state index contributed by atoms with van der Waals surface area (Å²) >= 11 is 0. The topological polar surface area (TPSA) is 73.7 Å². The summed E-state index contributed by atoms with van der Waals surface area (Å²) in [4.78, 5) is 35.5. The number of imidazole rings is 1. The van der Waals surface area contributed by atoms with Gasteiger partial charge in [-0.25, -0.2) is 9.78 Å². The van der Waals surface area contributed by atoms with Gasteiger partial charge in [-0.3, -0.25) is 9.69 Å². The van der Waals surface area contributed by atoms with Crippen LogP contribution in [0.4, 0.5) is 10.5 Å². The fraction of sp³-hybridized carbons (Fsp3) is 0.400. The molecule has 3 amide bonds. The van der Waals surface area contributed by atoms with Gasteiger partial charge in [0.2, 0.25) is 0 Å². The number of benzene rings is 2. The summed E-state index contributed by atoms with van der Waals surface area (Å²) in [6.07, 6.45) is 0. The summed E-state index contributed by atoms with van der Waals surface area (Å²) < 4.78 is 2.08. The van der Waals surface area contributed by atoms with Crippen molar-refractivity contribution < 1.29 is 9.59 Å². The summed E-state index contributed by atoms with van der Waals surface area (Å²) in [5.41, 5.74) is 5.68. The molecule has 4 rings (SSSR count). The molecule has 1 fully saturated rings. The number of anilines is 1. The van der Waals surface area contributed by atoms with E-state index in [0.29, 0.717) is 25.2 Å². The summed E-state index contributed by atoms with van der Waals surface area (Å²) in [7, 11) is 5.50. The average Bonchev–Trinajstić information content (AvgIpc) is 3.10. The number of hydrogen-bond donors (Lipinski definition) is 1. The number of amides is 3. The van der Waals surface area contributed by atoms with E-state index in [0.717, 1.165) is 35.6 Å². The number of carbonyl (C=O) groups excluding carboxylic acids is 2. The molecule has 0 spiro atoms. The minimum Gasteiger partial charge on any atom is -0.345 e. The molecule has 2 heterocycles. The second kappa shape index (κ2) is 9.23. The predicted molar refractivity (Wildman–Crippen MR) is 131 cm³/mol. The first-order valence-electron chi connectivity index (χ1n) is 11.3. The van der Waals surface area contributed by atoms with Crippen molar-refractivity contribution in [2.75, 3.05) is 45.6 Å². The minimum atomic E-state index is -0.0567. The molecule has 2 aromatic carbocycles. The molecule has 174 valence electrons. The smallest absolute Gasteiger partial charge is 0.321 e. The molecule has 33 heavy (non-hydrogen) atoms. The molecular weight excluding hydrogens is 416 g/mol. The van der Waals surface area contributed by atoms with E-state index < -0.39 is 0 Å². The molecule has 1 N–H and O–H groups in total. The highest BCUT2D eigenvalue weighted by molar-refractivity contribution is 5.97. The highest BCUT2D eigenvalue weighted by Gasteiger charge is 2.23. The summed E-state index contributed by atoms with van der Waals surface area (Å²) in [6, 6.07) is 11.6. The fourth-order valence-corrected chi connectivity index (χ4v) is 4.11. The van der Waals surface area contributed by atoms with Crippen LogP contribution < -0.4 is 5.32 Å². The van der Waals surface area contributed by atoms with Crippen LogP contribution in [0.25, 0.3) is 11.0 Å². The number of hydrogen-bond acceptors (Lipinski definition) is 4. The number of rotatable bonds is 4. The highest BCUT2D eigenvalue weighted by atomic mass is 16.2. The number of piperazine rings is 1. The van der Waals surface area contributed by atoms with Crippen LogP contribution in [-0.4, -0.2) is 76.5 Å². The second-order valence-electron chi connectivity index (χ2n) is 8.98. The van der Waals surface area contributed by atoms with Gasteiger partial charge in [0.25, 0.3) is 5.91 Å². The lowest BCUT2D eigenvalue weighted by Crippen LogP contribution is -2.49. The number of nitrogens with zero attached hydrogens (tertiary/aromatic N) is 5. The number of aryl methyl sites for hydroxylation is 3. The predicted octanol–water partition coefficient (Wildman–Crippen LogP) is 3.24. The maximum atomic E-state index is 12.7. The first-order valence-corrected chi connectivity index (χ1v) is 11.3. The Hall–Kier alpha value is -3.39. The van der Waals surface area contributed by atoms with Crippen LogP contribution in [0.3, 0.4) is 0 Å². The van der Waals surface area contributed by atoms with Crippen LogP contribution in [0.15, 0.2) is 36.4 Å². The van der Waals surface area contributed by atoms with Gasteiger partial charge in [-0.05, 0) is 55.3 Å². The molecule has 8 heteroatoms. The molecule has 1 aliphatic rings. The van der Waals surface area contributed by atoms with Crippen molar-refractivity contribution in [2.24, 2.45) is 7.05 Å². The first kappa shape index (κ1) is 22.8. The summed E-state index contributed by atoms with van der Waals surface area (Å²) in [5, 5.41) is 3.01. The highest BCUT2D eigenvalue weighted by Crippen LogP contribution is 2.20. The van der Waals surface area contributed by atoms with Crippen molar-refractivity contribution in [1.29, 1.82) is 0 Å².